The molecule has 3 rings (SSSR count). The van der Waals surface area contributed by atoms with Gasteiger partial charge in [0.2, 0.25) is 0 Å². The van der Waals surface area contributed by atoms with E-state index in [1.807, 2.05) is 6.07 Å². The number of anilines is 1. The fourth-order valence-electron chi connectivity index (χ4n) is 2.13. The van der Waals surface area contributed by atoms with Crippen molar-refractivity contribution in [2.75, 3.05) is 5.32 Å². The largest absolute Gasteiger partial charge is 0.465 e. The molecule has 1 aromatic carbocycles. The van der Waals surface area contributed by atoms with Crippen molar-refractivity contribution >= 4 is 34.4 Å². The molecule has 0 bridgehead atoms. The number of fused-ring (bicyclic) bond motifs is 1. The van der Waals surface area contributed by atoms with E-state index in [0.29, 0.717) is 0 Å². The zero-order valence-corrected chi connectivity index (χ0v) is 12.0. The highest BCUT2D eigenvalue weighted by molar-refractivity contribution is 6.32. The Balaban J connectivity index is 2.28. The highest BCUT2D eigenvalue weighted by atomic mass is 35.5. The van der Waals surface area contributed by atoms with Crippen LogP contribution in [0.4, 0.5) is 15.0 Å². The van der Waals surface area contributed by atoms with Crippen molar-refractivity contribution in [1.82, 2.24) is 14.8 Å². The van der Waals surface area contributed by atoms with E-state index in [9.17, 15) is 14.4 Å². The Morgan fingerprint density at radius 3 is 2.96 bits per heavy atom. The Bertz CT molecular complexity index is 979. The first kappa shape index (κ1) is 14.7. The summed E-state index contributed by atoms with van der Waals surface area (Å²) in [5.41, 5.74) is 0.424. The van der Waals surface area contributed by atoms with Crippen LogP contribution < -0.4 is 5.32 Å². The summed E-state index contributed by atoms with van der Waals surface area (Å²) in [5, 5.41) is 24.5. The number of halogens is 2. The molecule has 0 aliphatic rings. The summed E-state index contributed by atoms with van der Waals surface area (Å²) in [7, 11) is 0. The van der Waals surface area contributed by atoms with Crippen LogP contribution in [-0.4, -0.2) is 26.0 Å². The third-order valence-corrected chi connectivity index (χ3v) is 3.37. The zero-order chi connectivity index (χ0) is 16.6. The number of amides is 1. The summed E-state index contributed by atoms with van der Waals surface area (Å²) >= 11 is 6.10. The molecule has 9 heteroatoms. The molecule has 0 aliphatic carbocycles. The topological polar surface area (TPSA) is 104 Å². The van der Waals surface area contributed by atoms with Crippen molar-refractivity contribution in [3.63, 3.8) is 0 Å². The average Bonchev–Trinajstić information content (AvgIpc) is 2.95. The number of benzene rings is 1. The summed E-state index contributed by atoms with van der Waals surface area (Å²) < 4.78 is 15.1. The average molecular weight is 332 g/mol. The van der Waals surface area contributed by atoms with Crippen molar-refractivity contribution in [2.24, 2.45) is 0 Å². The number of nitrogens with zero attached hydrogens (tertiary/aromatic N) is 4. The molecule has 0 unspecified atom stereocenters. The molecule has 2 heterocycles. The van der Waals surface area contributed by atoms with Crippen molar-refractivity contribution in [2.45, 2.75) is 0 Å². The second kappa shape index (κ2) is 5.55. The van der Waals surface area contributed by atoms with Crippen LogP contribution in [0.15, 0.2) is 30.6 Å². The Hall–Kier alpha value is -3.18. The molecule has 7 nitrogen and oxygen atoms in total. The fraction of sp³-hybridized carbons (Fsp3) is 0. The number of aromatic nitrogens is 3. The number of nitrogens with one attached hydrogen (secondary N) is 1. The number of carbonyl (C=O) groups is 1. The standard InChI is InChI=1S/C14H7ClFN5O2/c15-9-3-1-2-7(4-17)12(9)21-6-8-11(20-21)10(16)5-18-13(8)19-14(22)23/h1-3,5-6H,(H,18,19)(H,22,23). The van der Waals surface area contributed by atoms with E-state index in [1.54, 1.807) is 18.2 Å². The lowest BCUT2D eigenvalue weighted by molar-refractivity contribution is 0.209. The lowest BCUT2D eigenvalue weighted by Gasteiger charge is -2.05. The van der Waals surface area contributed by atoms with Crippen LogP contribution in [0.1, 0.15) is 5.56 Å². The molecule has 0 saturated heterocycles. The molecule has 3 aromatic rings. The van der Waals surface area contributed by atoms with Gasteiger partial charge in [0, 0.05) is 6.20 Å². The second-order valence-electron chi connectivity index (χ2n) is 4.47. The van der Waals surface area contributed by atoms with Gasteiger partial charge in [-0.3, -0.25) is 5.32 Å². The van der Waals surface area contributed by atoms with E-state index in [2.05, 4.69) is 15.4 Å². The maximum Gasteiger partial charge on any atom is 0.410 e. The van der Waals surface area contributed by atoms with E-state index in [0.717, 1.165) is 6.20 Å². The Labute approximate surface area is 133 Å². The molecule has 0 saturated carbocycles. The lowest BCUT2D eigenvalue weighted by Crippen LogP contribution is -2.09. The molecular weight excluding hydrogens is 325 g/mol. The van der Waals surface area contributed by atoms with Gasteiger partial charge in [-0.05, 0) is 12.1 Å². The SMILES string of the molecule is N#Cc1cccc(Cl)c1-n1cc2c(NC(=O)O)ncc(F)c2n1. The maximum absolute atomic E-state index is 13.9. The van der Waals surface area contributed by atoms with Gasteiger partial charge in [0.25, 0.3) is 0 Å². The second-order valence-corrected chi connectivity index (χ2v) is 4.88. The van der Waals surface area contributed by atoms with Crippen molar-refractivity contribution in [3.05, 3.63) is 47.0 Å². The van der Waals surface area contributed by atoms with Crippen molar-refractivity contribution < 1.29 is 14.3 Å². The van der Waals surface area contributed by atoms with Crippen LogP contribution in [0.25, 0.3) is 16.6 Å². The van der Waals surface area contributed by atoms with E-state index in [4.69, 9.17) is 16.7 Å². The van der Waals surface area contributed by atoms with Crippen LogP contribution in [0.2, 0.25) is 5.02 Å². The number of hydrogen-bond donors (Lipinski definition) is 2. The van der Waals surface area contributed by atoms with Gasteiger partial charge in [0.15, 0.2) is 5.82 Å². The van der Waals surface area contributed by atoms with E-state index >= 15 is 0 Å². The van der Waals surface area contributed by atoms with E-state index < -0.39 is 11.9 Å². The van der Waals surface area contributed by atoms with Gasteiger partial charge < -0.3 is 5.11 Å². The molecule has 0 atom stereocenters. The highest BCUT2D eigenvalue weighted by Gasteiger charge is 2.17. The summed E-state index contributed by atoms with van der Waals surface area (Å²) in [6.07, 6.45) is 0.884. The summed E-state index contributed by atoms with van der Waals surface area (Å²) in [6.45, 7) is 0. The predicted molar refractivity (Wildman–Crippen MR) is 80.2 cm³/mol. The van der Waals surface area contributed by atoms with E-state index in [1.165, 1.54) is 10.9 Å². The fourth-order valence-corrected chi connectivity index (χ4v) is 2.39. The number of rotatable bonds is 2. The molecule has 0 radical (unpaired) electrons. The first-order chi connectivity index (χ1) is 11.0. The Morgan fingerprint density at radius 2 is 2.26 bits per heavy atom. The number of pyridine rings is 1. The summed E-state index contributed by atoms with van der Waals surface area (Å²) in [4.78, 5) is 14.5. The van der Waals surface area contributed by atoms with Crippen LogP contribution >= 0.6 is 11.6 Å². The van der Waals surface area contributed by atoms with Gasteiger partial charge in [-0.2, -0.15) is 10.4 Å². The number of para-hydroxylation sites is 1. The molecule has 0 fully saturated rings. The van der Waals surface area contributed by atoms with Crippen molar-refractivity contribution in [3.8, 4) is 11.8 Å². The Morgan fingerprint density at radius 1 is 1.48 bits per heavy atom. The Kier molecular flexibility index (Phi) is 3.56. The minimum Gasteiger partial charge on any atom is -0.465 e. The van der Waals surface area contributed by atoms with Gasteiger partial charge in [-0.1, -0.05) is 17.7 Å². The third-order valence-electron chi connectivity index (χ3n) is 3.06. The normalized spacial score (nSPS) is 10.5. The molecule has 114 valence electrons. The van der Waals surface area contributed by atoms with Crippen LogP contribution in [0.3, 0.4) is 0 Å². The maximum atomic E-state index is 13.9. The van der Waals surface area contributed by atoms with Gasteiger partial charge >= 0.3 is 6.09 Å². The lowest BCUT2D eigenvalue weighted by atomic mass is 10.2. The molecule has 0 spiro atoms. The van der Waals surface area contributed by atoms with Crippen molar-refractivity contribution in [1.29, 1.82) is 5.26 Å². The molecule has 2 N–H and O–H groups in total. The van der Waals surface area contributed by atoms with Gasteiger partial charge in [0.1, 0.15) is 23.1 Å². The third kappa shape index (κ3) is 2.54. The van der Waals surface area contributed by atoms with Crippen LogP contribution in [0.5, 0.6) is 0 Å². The van der Waals surface area contributed by atoms with Crippen LogP contribution in [0, 0.1) is 17.1 Å². The molecule has 2 aromatic heterocycles. The molecule has 1 amide bonds. The minimum atomic E-state index is -1.34. The first-order valence-electron chi connectivity index (χ1n) is 6.24. The molecule has 0 aliphatic heterocycles. The van der Waals surface area contributed by atoms with Gasteiger partial charge in [-0.25, -0.2) is 18.9 Å². The first-order valence-corrected chi connectivity index (χ1v) is 6.62. The molecular formula is C14H7ClFN5O2. The zero-order valence-electron chi connectivity index (χ0n) is 11.3. The summed E-state index contributed by atoms with van der Waals surface area (Å²) in [6, 6.07) is 6.69. The number of nitriles is 1. The summed E-state index contributed by atoms with van der Waals surface area (Å²) in [5.74, 6) is -0.786. The smallest absolute Gasteiger partial charge is 0.410 e. The van der Waals surface area contributed by atoms with Gasteiger partial charge in [0.05, 0.1) is 22.2 Å². The minimum absolute atomic E-state index is 0.0642. The molecule has 23 heavy (non-hydrogen) atoms. The highest BCUT2D eigenvalue weighted by Crippen LogP contribution is 2.28. The predicted octanol–water partition coefficient (Wildman–Crippen LogP) is 3.17. The van der Waals surface area contributed by atoms with E-state index in [-0.39, 0.29) is 33.0 Å². The van der Waals surface area contributed by atoms with Crippen LogP contribution in [-0.2, 0) is 0 Å². The monoisotopic (exact) mass is 331 g/mol. The quantitative estimate of drug-likeness (QED) is 0.750. The number of carboxylic acid groups (broad SMARTS) is 1. The van der Waals surface area contributed by atoms with Gasteiger partial charge in [-0.15, -0.1) is 0 Å². The number of hydrogen-bond acceptors (Lipinski definition) is 4.